The first-order valence-corrected chi connectivity index (χ1v) is 5.75. The molecule has 9 heteroatoms. The van der Waals surface area contributed by atoms with Crippen LogP contribution in [0.15, 0.2) is 18.2 Å². The Morgan fingerprint density at radius 2 is 2.25 bits per heavy atom. The molecule has 0 amide bonds. The van der Waals surface area contributed by atoms with Gasteiger partial charge in [0.25, 0.3) is 0 Å². The molecule has 0 saturated carbocycles. The first kappa shape index (κ1) is 11.4. The fourth-order valence-corrected chi connectivity index (χ4v) is 1.80. The minimum Gasteiger partial charge on any atom is -0.497 e. The minimum absolute atomic E-state index is 0.243. The summed E-state index contributed by atoms with van der Waals surface area (Å²) < 4.78 is 35.2. The molecule has 7 nitrogen and oxygen atoms in total. The summed E-state index contributed by atoms with van der Waals surface area (Å²) in [4.78, 5) is 0. The van der Waals surface area contributed by atoms with Crippen molar-refractivity contribution in [1.82, 2.24) is 5.59 Å². The van der Waals surface area contributed by atoms with Crippen molar-refractivity contribution in [3.05, 3.63) is 23.2 Å². The summed E-state index contributed by atoms with van der Waals surface area (Å²) in [6.45, 7) is 0. The molecule has 0 atom stereocenters. The van der Waals surface area contributed by atoms with Crippen LogP contribution in [0.5, 0.6) is 5.75 Å². The summed E-state index contributed by atoms with van der Waals surface area (Å²) in [5.74, 6) is 0.539. The molecule has 2 rings (SSSR count). The quantitative estimate of drug-likeness (QED) is 0.847. The standard InChI is InChI=1S/C7H7ClN2O5S/c1-13-5-2-3-7(6(8)4-5)10-9-14-16(11,12)15-10/h2-4,9H,1H3. The Balaban J connectivity index is 2.29. The molecule has 88 valence electrons. The summed E-state index contributed by atoms with van der Waals surface area (Å²) in [6.07, 6.45) is 0. The highest BCUT2D eigenvalue weighted by molar-refractivity contribution is 7.82. The van der Waals surface area contributed by atoms with E-state index >= 15 is 0 Å². The number of hydrogen-bond acceptors (Lipinski definition) is 7. The van der Waals surface area contributed by atoms with Crippen molar-refractivity contribution in [1.29, 1.82) is 0 Å². The van der Waals surface area contributed by atoms with Gasteiger partial charge in [-0.05, 0) is 12.1 Å². The van der Waals surface area contributed by atoms with Crippen molar-refractivity contribution in [2.24, 2.45) is 0 Å². The molecule has 1 aromatic carbocycles. The molecule has 1 heterocycles. The maximum absolute atomic E-state index is 10.8. The molecule has 1 N–H and O–H groups in total. The summed E-state index contributed by atoms with van der Waals surface area (Å²) in [7, 11) is -2.56. The number of hydrogen-bond donors (Lipinski definition) is 1. The highest BCUT2D eigenvalue weighted by atomic mass is 35.5. The van der Waals surface area contributed by atoms with Crippen molar-refractivity contribution in [3.8, 4) is 5.75 Å². The zero-order valence-electron chi connectivity index (χ0n) is 8.01. The summed E-state index contributed by atoms with van der Waals surface area (Å²) >= 11 is 5.89. The van der Waals surface area contributed by atoms with Gasteiger partial charge >= 0.3 is 10.4 Å². The Kier molecular flexibility index (Phi) is 2.91. The number of nitrogens with zero attached hydrogens (tertiary/aromatic N) is 1. The maximum Gasteiger partial charge on any atom is 0.440 e. The zero-order chi connectivity index (χ0) is 11.8. The van der Waals surface area contributed by atoms with E-state index in [1.54, 1.807) is 6.07 Å². The molecule has 1 fully saturated rings. The molecule has 1 aliphatic heterocycles. The van der Waals surface area contributed by atoms with Crippen LogP contribution in [-0.2, 0) is 19.0 Å². The van der Waals surface area contributed by atoms with Gasteiger partial charge in [0.15, 0.2) is 0 Å². The number of benzene rings is 1. The molecule has 0 radical (unpaired) electrons. The number of anilines is 1. The maximum atomic E-state index is 10.8. The van der Waals surface area contributed by atoms with Gasteiger partial charge in [0.05, 0.1) is 12.1 Å². The fourth-order valence-electron chi connectivity index (χ4n) is 1.07. The van der Waals surface area contributed by atoms with E-state index in [2.05, 4.69) is 8.57 Å². The van der Waals surface area contributed by atoms with E-state index in [4.69, 9.17) is 16.3 Å². The van der Waals surface area contributed by atoms with Gasteiger partial charge in [-0.1, -0.05) is 17.2 Å². The SMILES string of the molecule is COc1ccc(N2NOS(=O)(=O)O2)c(Cl)c1. The average Bonchev–Trinajstić information content (AvgIpc) is 2.58. The molecule has 1 saturated heterocycles. The fraction of sp³-hybridized carbons (Fsp3) is 0.143. The second-order valence-electron chi connectivity index (χ2n) is 2.77. The Labute approximate surface area is 96.7 Å². The Morgan fingerprint density at radius 1 is 1.50 bits per heavy atom. The molecule has 0 spiro atoms. The number of nitrogens with one attached hydrogen (secondary N) is 1. The lowest BCUT2D eigenvalue weighted by Gasteiger charge is -2.13. The van der Waals surface area contributed by atoms with Crippen LogP contribution in [0.3, 0.4) is 0 Å². The summed E-state index contributed by atoms with van der Waals surface area (Å²) in [5, 5.41) is 1.03. The molecular formula is C7H7ClN2O5S. The van der Waals surface area contributed by atoms with Crippen molar-refractivity contribution in [2.75, 3.05) is 12.3 Å². The number of ether oxygens (including phenoxy) is 1. The second-order valence-corrected chi connectivity index (χ2v) is 4.31. The van der Waals surface area contributed by atoms with E-state index in [1.807, 2.05) is 5.59 Å². The third-order valence-corrected chi connectivity index (χ3v) is 2.67. The zero-order valence-corrected chi connectivity index (χ0v) is 9.58. The molecular weight excluding hydrogens is 260 g/mol. The molecule has 0 unspecified atom stereocenters. The van der Waals surface area contributed by atoms with Crippen molar-refractivity contribution in [3.63, 3.8) is 0 Å². The van der Waals surface area contributed by atoms with Crippen LogP contribution in [0.2, 0.25) is 5.02 Å². The lowest BCUT2D eigenvalue weighted by atomic mass is 10.3. The molecule has 16 heavy (non-hydrogen) atoms. The van der Waals surface area contributed by atoms with E-state index in [9.17, 15) is 8.42 Å². The normalized spacial score (nSPS) is 18.8. The van der Waals surface area contributed by atoms with E-state index in [1.165, 1.54) is 19.2 Å². The molecule has 0 bridgehead atoms. The summed E-state index contributed by atoms with van der Waals surface area (Å²) in [6, 6.07) is 4.61. The predicted octanol–water partition coefficient (Wildman–Crippen LogP) is 0.781. The van der Waals surface area contributed by atoms with Crippen LogP contribution in [-0.4, -0.2) is 15.5 Å². The van der Waals surface area contributed by atoms with Crippen molar-refractivity contribution in [2.45, 2.75) is 0 Å². The Morgan fingerprint density at radius 3 is 2.75 bits per heavy atom. The number of rotatable bonds is 2. The topological polar surface area (TPSA) is 77.1 Å². The van der Waals surface area contributed by atoms with E-state index in [-0.39, 0.29) is 10.7 Å². The average molecular weight is 267 g/mol. The third kappa shape index (κ3) is 2.20. The van der Waals surface area contributed by atoms with Gasteiger partial charge in [-0.15, -0.1) is 13.7 Å². The van der Waals surface area contributed by atoms with Crippen molar-refractivity contribution < 1.29 is 21.7 Å². The minimum atomic E-state index is -4.05. The van der Waals surface area contributed by atoms with Crippen LogP contribution in [0.4, 0.5) is 5.69 Å². The van der Waals surface area contributed by atoms with Crippen LogP contribution in [0, 0.1) is 0 Å². The van der Waals surface area contributed by atoms with E-state index in [0.717, 1.165) is 5.17 Å². The largest absolute Gasteiger partial charge is 0.497 e. The highest BCUT2D eigenvalue weighted by Gasteiger charge is 2.30. The van der Waals surface area contributed by atoms with Crippen LogP contribution < -0.4 is 15.5 Å². The van der Waals surface area contributed by atoms with Gasteiger partial charge < -0.3 is 4.74 Å². The van der Waals surface area contributed by atoms with Crippen molar-refractivity contribution >= 4 is 27.7 Å². The van der Waals surface area contributed by atoms with Gasteiger partial charge in [0.2, 0.25) is 0 Å². The molecule has 1 aromatic rings. The van der Waals surface area contributed by atoms with Gasteiger partial charge in [-0.3, -0.25) is 0 Å². The molecule has 0 aromatic heterocycles. The van der Waals surface area contributed by atoms with Crippen LogP contribution >= 0.6 is 11.6 Å². The number of halogens is 1. The van der Waals surface area contributed by atoms with Gasteiger partial charge in [-0.25, -0.2) is 0 Å². The lowest BCUT2D eigenvalue weighted by Crippen LogP contribution is -2.28. The van der Waals surface area contributed by atoms with E-state index < -0.39 is 10.4 Å². The second kappa shape index (κ2) is 4.07. The monoisotopic (exact) mass is 266 g/mol. The first-order chi connectivity index (χ1) is 7.52. The lowest BCUT2D eigenvalue weighted by molar-refractivity contribution is 0.198. The van der Waals surface area contributed by atoms with Gasteiger partial charge in [-0.2, -0.15) is 8.42 Å². The van der Waals surface area contributed by atoms with Gasteiger partial charge in [0, 0.05) is 6.07 Å². The number of hydrazine groups is 1. The Bertz CT molecular complexity index is 505. The smallest absolute Gasteiger partial charge is 0.440 e. The Hall–Kier alpha value is -1.06. The predicted molar refractivity (Wildman–Crippen MR) is 54.7 cm³/mol. The molecule has 0 aliphatic carbocycles. The number of methoxy groups -OCH3 is 1. The van der Waals surface area contributed by atoms with Gasteiger partial charge in [0.1, 0.15) is 11.4 Å². The van der Waals surface area contributed by atoms with Crippen LogP contribution in [0.25, 0.3) is 0 Å². The third-order valence-electron chi connectivity index (χ3n) is 1.76. The highest BCUT2D eigenvalue weighted by Crippen LogP contribution is 2.30. The van der Waals surface area contributed by atoms with Crippen LogP contribution in [0.1, 0.15) is 0 Å². The first-order valence-electron chi connectivity index (χ1n) is 4.04. The van der Waals surface area contributed by atoms with E-state index in [0.29, 0.717) is 5.75 Å². The summed E-state index contributed by atoms with van der Waals surface area (Å²) in [5.41, 5.74) is 2.32. The molecule has 1 aliphatic rings.